The fraction of sp³-hybridized carbons (Fsp3) is 0.286. The molecule has 1 atom stereocenters. The third-order valence-electron chi connectivity index (χ3n) is 3.12. The van der Waals surface area contributed by atoms with Gasteiger partial charge in [0, 0.05) is 33.8 Å². The Kier molecular flexibility index (Phi) is 5.68. The average molecular weight is 405 g/mol. The number of benzene rings is 1. The summed E-state index contributed by atoms with van der Waals surface area (Å²) in [6.07, 6.45) is 2.88. The van der Waals surface area contributed by atoms with Gasteiger partial charge in [-0.25, -0.2) is 0 Å². The Morgan fingerprint density at radius 2 is 1.95 bits per heavy atom. The van der Waals surface area contributed by atoms with Crippen LogP contribution in [0.25, 0.3) is 0 Å². The lowest BCUT2D eigenvalue weighted by Gasteiger charge is -2.10. The van der Waals surface area contributed by atoms with Gasteiger partial charge in [0.05, 0.1) is 5.03 Å². The van der Waals surface area contributed by atoms with Gasteiger partial charge >= 0.3 is 0 Å². The first kappa shape index (κ1) is 15.3. The molecule has 102 valence electrons. The fourth-order valence-electron chi connectivity index (χ4n) is 1.87. The van der Waals surface area contributed by atoms with E-state index in [1.807, 2.05) is 37.4 Å². The first-order valence-corrected chi connectivity index (χ1v) is 10.7. The van der Waals surface area contributed by atoms with Crippen molar-refractivity contribution in [3.8, 4) is 0 Å². The van der Waals surface area contributed by atoms with E-state index < -0.39 is 11.2 Å². The average Bonchev–Trinajstić information content (AvgIpc) is 2.77. The van der Waals surface area contributed by atoms with Crippen LogP contribution in [-0.4, -0.2) is 15.3 Å². The molecular weight excluding hydrogens is 389 g/mol. The van der Waals surface area contributed by atoms with E-state index in [4.69, 9.17) is 0 Å². The van der Waals surface area contributed by atoms with Gasteiger partial charge in [0.1, 0.15) is 5.75 Å². The summed E-state index contributed by atoms with van der Waals surface area (Å²) in [5, 5.41) is 1.19. The van der Waals surface area contributed by atoms with E-state index in [-0.39, 0.29) is 0 Å². The molecule has 1 heterocycles. The van der Waals surface area contributed by atoms with Crippen molar-refractivity contribution in [2.24, 2.45) is 0 Å². The number of aromatic nitrogens is 1. The molecule has 0 amide bonds. The van der Waals surface area contributed by atoms with Crippen LogP contribution in [0.1, 0.15) is 16.7 Å². The van der Waals surface area contributed by atoms with Gasteiger partial charge in [0.2, 0.25) is 0 Å². The van der Waals surface area contributed by atoms with Crippen LogP contribution in [0, 0.1) is 13.8 Å². The van der Waals surface area contributed by atoms with E-state index in [1.165, 1.54) is 21.7 Å². The maximum absolute atomic E-state index is 12.2. The Balaban J connectivity index is 1.98. The minimum atomic E-state index is -0.916. The summed E-state index contributed by atoms with van der Waals surface area (Å²) in [5.74, 6) is 0.674. The highest BCUT2D eigenvalue weighted by Gasteiger charge is 2.13. The first-order valence-electron chi connectivity index (χ1n) is 6.02. The van der Waals surface area contributed by atoms with E-state index >= 15 is 0 Å². The van der Waals surface area contributed by atoms with Gasteiger partial charge in [0.25, 0.3) is 0 Å². The van der Waals surface area contributed by atoms with Crippen molar-refractivity contribution in [2.75, 3.05) is 5.75 Å². The molecule has 2 aromatic rings. The van der Waals surface area contributed by atoms with Crippen LogP contribution in [0.15, 0.2) is 40.4 Å². The lowest BCUT2D eigenvalue weighted by molar-refractivity contribution is 0.594. The maximum Gasteiger partial charge on any atom is 0.152 e. The van der Waals surface area contributed by atoms with Crippen LogP contribution in [-0.2, 0) is 17.6 Å². The zero-order valence-corrected chi connectivity index (χ0v) is 14.7. The minimum absolute atomic E-state index is 0.674. The van der Waals surface area contributed by atoms with Gasteiger partial charge in [-0.05, 0) is 57.2 Å². The lowest BCUT2D eigenvalue weighted by Crippen LogP contribution is -2.09. The highest BCUT2D eigenvalue weighted by Crippen LogP contribution is 2.29. The molecule has 0 bridgehead atoms. The van der Waals surface area contributed by atoms with Gasteiger partial charge in [-0.15, -0.1) is 0 Å². The number of hydrogen-bond donors (Lipinski definition) is 1. The topological polar surface area (TPSA) is 38.8 Å². The zero-order chi connectivity index (χ0) is 13.8. The summed E-state index contributed by atoms with van der Waals surface area (Å²) in [6.45, 7) is 4.15. The highest BCUT2D eigenvalue weighted by atomic mass is 127. The fourth-order valence-corrected chi connectivity index (χ4v) is 4.67. The number of rotatable bonds is 5. The Morgan fingerprint density at radius 1 is 1.26 bits per heavy atom. The second kappa shape index (κ2) is 7.06. The molecule has 0 spiro atoms. The number of nitrogens with one attached hydrogen (secondary N) is 1. The van der Waals surface area contributed by atoms with E-state index in [0.29, 0.717) is 5.75 Å². The summed E-state index contributed by atoms with van der Waals surface area (Å²) in [5.41, 5.74) is 3.74. The molecule has 0 aliphatic rings. The molecule has 1 aromatic carbocycles. The molecule has 0 aliphatic carbocycles. The Bertz CT molecular complexity index is 539. The molecule has 0 saturated heterocycles. The Morgan fingerprint density at radius 3 is 2.53 bits per heavy atom. The molecule has 1 aromatic heterocycles. The maximum atomic E-state index is 12.2. The zero-order valence-electron chi connectivity index (χ0n) is 10.9. The van der Waals surface area contributed by atoms with Gasteiger partial charge in [-0.2, -0.15) is 0 Å². The second-order valence-electron chi connectivity index (χ2n) is 4.46. The molecule has 1 N–H and O–H groups in total. The summed E-state index contributed by atoms with van der Waals surface area (Å²) >= 11 is 1.36. The third-order valence-corrected chi connectivity index (χ3v) is 6.39. The van der Waals surface area contributed by atoms with Crippen LogP contribution in [0.2, 0.25) is 0 Å². The van der Waals surface area contributed by atoms with Crippen LogP contribution in [0.3, 0.4) is 0 Å². The predicted molar refractivity (Wildman–Crippen MR) is 91.6 cm³/mol. The summed E-state index contributed by atoms with van der Waals surface area (Å²) < 4.78 is 12.2. The van der Waals surface area contributed by atoms with E-state index in [0.717, 1.165) is 11.3 Å². The van der Waals surface area contributed by atoms with Crippen LogP contribution in [0.4, 0.5) is 0 Å². The summed E-state index contributed by atoms with van der Waals surface area (Å²) in [4.78, 5) is 4.17. The standard InChI is InChI=1S/C14H16INOS2/c1-10-3-5-13(6-4-10)19(17)8-7-12-9-16-14(18-15)11(12)2/h3-6,9,16H,7-8H2,1-2H3. The van der Waals surface area contributed by atoms with Crippen LogP contribution < -0.4 is 0 Å². The van der Waals surface area contributed by atoms with Crippen LogP contribution in [0.5, 0.6) is 0 Å². The second-order valence-corrected chi connectivity index (χ2v) is 7.91. The summed E-state index contributed by atoms with van der Waals surface area (Å²) in [7, 11) is 1.69. The van der Waals surface area contributed by atoms with Gasteiger partial charge < -0.3 is 9.54 Å². The molecule has 5 heteroatoms. The number of halogens is 1. The SMILES string of the molecule is Cc1ccc([S+]([O-])CCc2c[nH]c(SI)c2C)cc1. The van der Waals surface area contributed by atoms with Crippen molar-refractivity contribution in [2.45, 2.75) is 30.2 Å². The normalized spacial score (nSPS) is 12.6. The Hall–Kier alpha value is -0.110. The van der Waals surface area contributed by atoms with Gasteiger partial charge in [-0.1, -0.05) is 17.7 Å². The highest BCUT2D eigenvalue weighted by molar-refractivity contribution is 14.2. The number of H-pyrrole nitrogens is 1. The molecule has 19 heavy (non-hydrogen) atoms. The molecule has 0 fully saturated rings. The monoisotopic (exact) mass is 405 g/mol. The Labute approximate surface area is 133 Å². The van der Waals surface area contributed by atoms with Crippen molar-refractivity contribution in [3.63, 3.8) is 0 Å². The van der Waals surface area contributed by atoms with Crippen molar-refractivity contribution >= 4 is 41.3 Å². The number of hydrogen-bond acceptors (Lipinski definition) is 2. The molecule has 2 nitrogen and oxygen atoms in total. The lowest BCUT2D eigenvalue weighted by atomic mass is 10.2. The molecule has 0 aliphatic heterocycles. The van der Waals surface area contributed by atoms with Crippen molar-refractivity contribution in [1.29, 1.82) is 0 Å². The minimum Gasteiger partial charge on any atom is -0.611 e. The molecule has 2 rings (SSSR count). The molecule has 0 saturated carbocycles. The van der Waals surface area contributed by atoms with Crippen molar-refractivity contribution in [3.05, 3.63) is 47.2 Å². The van der Waals surface area contributed by atoms with Crippen molar-refractivity contribution < 1.29 is 4.55 Å². The van der Waals surface area contributed by atoms with Gasteiger partial charge in [-0.3, -0.25) is 0 Å². The molecular formula is C14H16INOS2. The predicted octanol–water partition coefficient (Wildman–Crippen LogP) is 4.42. The first-order chi connectivity index (χ1) is 9.11. The van der Waals surface area contributed by atoms with E-state index in [2.05, 4.69) is 33.1 Å². The van der Waals surface area contributed by atoms with E-state index in [9.17, 15) is 4.55 Å². The molecule has 1 unspecified atom stereocenters. The van der Waals surface area contributed by atoms with E-state index in [1.54, 1.807) is 8.93 Å². The number of aromatic amines is 1. The van der Waals surface area contributed by atoms with Gasteiger partial charge in [0.15, 0.2) is 4.90 Å². The van der Waals surface area contributed by atoms with Crippen molar-refractivity contribution in [1.82, 2.24) is 4.98 Å². The smallest absolute Gasteiger partial charge is 0.152 e. The summed E-state index contributed by atoms with van der Waals surface area (Å²) in [6, 6.07) is 7.95. The molecule has 0 radical (unpaired) electrons. The third kappa shape index (κ3) is 3.93. The van der Waals surface area contributed by atoms with Crippen LogP contribution >= 0.6 is 30.1 Å². The number of aryl methyl sites for hydroxylation is 2. The largest absolute Gasteiger partial charge is 0.611 e. The quantitative estimate of drug-likeness (QED) is 0.591.